The molecule has 0 radical (unpaired) electrons. The van der Waals surface area contributed by atoms with Crippen LogP contribution in [0, 0.1) is 17.2 Å². The Balaban J connectivity index is 2.16. The van der Waals surface area contributed by atoms with E-state index in [4.69, 9.17) is 0 Å². The maximum Gasteiger partial charge on any atom is 0.308 e. The van der Waals surface area contributed by atoms with Gasteiger partial charge in [-0.1, -0.05) is 19.1 Å². The summed E-state index contributed by atoms with van der Waals surface area (Å²) in [6.07, 6.45) is 0.650. The van der Waals surface area contributed by atoms with Crippen molar-refractivity contribution in [2.75, 3.05) is 13.1 Å². The lowest BCUT2D eigenvalue weighted by Crippen LogP contribution is -2.34. The number of hydrogen-bond donors (Lipinski definition) is 2. The summed E-state index contributed by atoms with van der Waals surface area (Å²) in [4.78, 5) is 11.2. The topological polar surface area (TPSA) is 49.3 Å². The minimum absolute atomic E-state index is 0.266. The Kier molecular flexibility index (Phi) is 3.15. The number of benzene rings is 1. The van der Waals surface area contributed by atoms with Gasteiger partial charge in [0.05, 0.1) is 5.92 Å². The van der Waals surface area contributed by atoms with Crippen LogP contribution in [0.2, 0.25) is 0 Å². The third-order valence-corrected chi connectivity index (χ3v) is 3.54. The van der Waals surface area contributed by atoms with Gasteiger partial charge in [-0.15, -0.1) is 0 Å². The van der Waals surface area contributed by atoms with Crippen LogP contribution in [-0.2, 0) is 11.2 Å². The normalized spacial score (nSPS) is 28.2. The molecule has 1 fully saturated rings. The Morgan fingerprint density at radius 2 is 2.18 bits per heavy atom. The maximum atomic E-state index is 12.8. The van der Waals surface area contributed by atoms with Crippen molar-refractivity contribution in [3.63, 3.8) is 0 Å². The summed E-state index contributed by atoms with van der Waals surface area (Å²) < 4.78 is 12.8. The second-order valence-electron chi connectivity index (χ2n) is 4.98. The van der Waals surface area contributed by atoms with Crippen LogP contribution in [0.4, 0.5) is 4.39 Å². The zero-order chi connectivity index (χ0) is 12.5. The highest BCUT2D eigenvalue weighted by Crippen LogP contribution is 2.34. The van der Waals surface area contributed by atoms with Crippen LogP contribution in [0.25, 0.3) is 0 Å². The molecule has 1 aliphatic rings. The Labute approximate surface area is 99.7 Å². The van der Waals surface area contributed by atoms with Crippen LogP contribution in [0.15, 0.2) is 24.3 Å². The minimum atomic E-state index is -0.764. The van der Waals surface area contributed by atoms with Gasteiger partial charge in [0.1, 0.15) is 5.82 Å². The number of nitrogens with one attached hydrogen (secondary N) is 1. The maximum absolute atomic E-state index is 12.8. The SMILES string of the molecule is CC1(Cc2ccc(F)cc2)CNCC1C(=O)O. The van der Waals surface area contributed by atoms with Gasteiger partial charge in [-0.25, -0.2) is 4.39 Å². The molecule has 0 aromatic heterocycles. The van der Waals surface area contributed by atoms with Gasteiger partial charge in [0, 0.05) is 13.1 Å². The Hall–Kier alpha value is -1.42. The predicted molar refractivity (Wildman–Crippen MR) is 62.2 cm³/mol. The molecule has 17 heavy (non-hydrogen) atoms. The fourth-order valence-corrected chi connectivity index (χ4v) is 2.51. The molecule has 2 N–H and O–H groups in total. The standard InChI is InChI=1S/C13H16FNO2/c1-13(8-15-7-11(13)12(16)17)6-9-2-4-10(14)5-3-9/h2-5,11,15H,6-8H2,1H3,(H,16,17). The van der Waals surface area contributed by atoms with Crippen molar-refractivity contribution in [1.29, 1.82) is 0 Å². The summed E-state index contributed by atoms with van der Waals surface area (Å²) in [5.74, 6) is -1.41. The third-order valence-electron chi connectivity index (χ3n) is 3.54. The first-order chi connectivity index (χ1) is 8.01. The van der Waals surface area contributed by atoms with Crippen molar-refractivity contribution in [2.45, 2.75) is 13.3 Å². The summed E-state index contributed by atoms with van der Waals surface area (Å²) in [6.45, 7) is 3.16. The lowest BCUT2D eigenvalue weighted by molar-refractivity contribution is -0.144. The molecule has 0 amide bonds. The summed E-state index contributed by atoms with van der Waals surface area (Å²) in [5, 5.41) is 12.3. The van der Waals surface area contributed by atoms with Crippen molar-refractivity contribution in [1.82, 2.24) is 5.32 Å². The first kappa shape index (κ1) is 12.0. The summed E-state index contributed by atoms with van der Waals surface area (Å²) in [5.41, 5.74) is 0.674. The second-order valence-corrected chi connectivity index (χ2v) is 4.98. The van der Waals surface area contributed by atoms with Gasteiger partial charge in [0.25, 0.3) is 0 Å². The second kappa shape index (κ2) is 4.45. The van der Waals surface area contributed by atoms with E-state index in [0.29, 0.717) is 19.5 Å². The van der Waals surface area contributed by atoms with E-state index in [1.807, 2.05) is 6.92 Å². The molecule has 2 atom stereocenters. The average Bonchev–Trinajstić information content (AvgIpc) is 2.64. The van der Waals surface area contributed by atoms with Gasteiger partial charge < -0.3 is 10.4 Å². The molecule has 1 aliphatic heterocycles. The quantitative estimate of drug-likeness (QED) is 0.841. The highest BCUT2D eigenvalue weighted by atomic mass is 19.1. The molecule has 92 valence electrons. The van der Waals surface area contributed by atoms with Crippen molar-refractivity contribution < 1.29 is 14.3 Å². The Morgan fingerprint density at radius 3 is 2.76 bits per heavy atom. The van der Waals surface area contributed by atoms with Crippen molar-refractivity contribution in [2.24, 2.45) is 11.3 Å². The van der Waals surface area contributed by atoms with E-state index in [-0.39, 0.29) is 17.2 Å². The summed E-state index contributed by atoms with van der Waals surface area (Å²) >= 11 is 0. The number of rotatable bonds is 3. The molecule has 0 saturated carbocycles. The van der Waals surface area contributed by atoms with Gasteiger partial charge >= 0.3 is 5.97 Å². The molecular weight excluding hydrogens is 221 g/mol. The number of carbonyl (C=O) groups is 1. The Bertz CT molecular complexity index is 418. The average molecular weight is 237 g/mol. The zero-order valence-corrected chi connectivity index (χ0v) is 9.74. The number of halogens is 1. The highest BCUT2D eigenvalue weighted by molar-refractivity contribution is 5.72. The smallest absolute Gasteiger partial charge is 0.308 e. The van der Waals surface area contributed by atoms with Crippen molar-refractivity contribution in [3.05, 3.63) is 35.6 Å². The predicted octanol–water partition coefficient (Wildman–Crippen LogP) is 1.68. The minimum Gasteiger partial charge on any atom is -0.481 e. The molecule has 0 aliphatic carbocycles. The van der Waals surface area contributed by atoms with Gasteiger partial charge in [-0.3, -0.25) is 4.79 Å². The summed E-state index contributed by atoms with van der Waals surface area (Å²) in [7, 11) is 0. The van der Waals surface area contributed by atoms with E-state index < -0.39 is 5.97 Å². The van der Waals surface area contributed by atoms with E-state index in [9.17, 15) is 14.3 Å². The van der Waals surface area contributed by atoms with Crippen LogP contribution in [0.5, 0.6) is 0 Å². The van der Waals surface area contributed by atoms with Gasteiger partial charge in [0.15, 0.2) is 0 Å². The molecule has 0 bridgehead atoms. The van der Waals surface area contributed by atoms with Crippen LogP contribution >= 0.6 is 0 Å². The lowest BCUT2D eigenvalue weighted by Gasteiger charge is -2.27. The Morgan fingerprint density at radius 1 is 1.53 bits per heavy atom. The monoisotopic (exact) mass is 237 g/mol. The van der Waals surface area contributed by atoms with Crippen molar-refractivity contribution >= 4 is 5.97 Å². The zero-order valence-electron chi connectivity index (χ0n) is 9.74. The molecule has 1 heterocycles. The molecule has 0 spiro atoms. The molecule has 2 rings (SSSR count). The summed E-state index contributed by atoms with van der Waals surface area (Å²) in [6, 6.07) is 6.27. The molecular formula is C13H16FNO2. The molecule has 4 heteroatoms. The molecule has 3 nitrogen and oxygen atoms in total. The molecule has 2 unspecified atom stereocenters. The number of carboxylic acid groups (broad SMARTS) is 1. The van der Waals surface area contributed by atoms with E-state index in [0.717, 1.165) is 5.56 Å². The van der Waals surface area contributed by atoms with E-state index in [2.05, 4.69) is 5.32 Å². The largest absolute Gasteiger partial charge is 0.481 e. The van der Waals surface area contributed by atoms with Crippen LogP contribution in [0.3, 0.4) is 0 Å². The number of hydrogen-bond acceptors (Lipinski definition) is 2. The molecule has 1 aromatic rings. The first-order valence-corrected chi connectivity index (χ1v) is 5.69. The van der Waals surface area contributed by atoms with Crippen LogP contribution in [-0.4, -0.2) is 24.2 Å². The van der Waals surface area contributed by atoms with E-state index in [1.165, 1.54) is 12.1 Å². The van der Waals surface area contributed by atoms with Crippen molar-refractivity contribution in [3.8, 4) is 0 Å². The van der Waals surface area contributed by atoms with Crippen LogP contribution < -0.4 is 5.32 Å². The van der Waals surface area contributed by atoms with E-state index in [1.54, 1.807) is 12.1 Å². The fourth-order valence-electron chi connectivity index (χ4n) is 2.51. The number of aliphatic carboxylic acids is 1. The highest BCUT2D eigenvalue weighted by Gasteiger charge is 2.43. The third kappa shape index (κ3) is 2.47. The van der Waals surface area contributed by atoms with Gasteiger partial charge in [-0.05, 0) is 29.5 Å². The number of carboxylic acids is 1. The van der Waals surface area contributed by atoms with Gasteiger partial charge in [0.2, 0.25) is 0 Å². The lowest BCUT2D eigenvalue weighted by atomic mass is 9.75. The molecule has 1 saturated heterocycles. The van der Waals surface area contributed by atoms with Crippen LogP contribution in [0.1, 0.15) is 12.5 Å². The molecule has 1 aromatic carbocycles. The fraction of sp³-hybridized carbons (Fsp3) is 0.462. The van der Waals surface area contributed by atoms with E-state index >= 15 is 0 Å². The van der Waals surface area contributed by atoms with Gasteiger partial charge in [-0.2, -0.15) is 0 Å². The first-order valence-electron chi connectivity index (χ1n) is 5.69.